The van der Waals surface area contributed by atoms with Gasteiger partial charge in [0.25, 0.3) is 11.7 Å². The van der Waals surface area contributed by atoms with Gasteiger partial charge < -0.3 is 19.6 Å². The van der Waals surface area contributed by atoms with E-state index >= 15 is 0 Å². The largest absolute Gasteiger partial charge is 0.507 e. The molecule has 1 amide bonds. The summed E-state index contributed by atoms with van der Waals surface area (Å²) in [5.74, 6) is -1.40. The molecule has 158 valence electrons. The molecule has 1 aliphatic rings. The molecular weight excluding hydrogens is 380 g/mol. The lowest BCUT2D eigenvalue weighted by atomic mass is 9.95. The number of Topliss-reactive ketones (excluding diaryl/α,β-unsaturated/α-hetero) is 1. The predicted octanol–water partition coefficient (Wildman–Crippen LogP) is 3.52. The third-order valence-electron chi connectivity index (χ3n) is 5.34. The molecule has 1 aliphatic heterocycles. The van der Waals surface area contributed by atoms with Crippen LogP contribution in [0.25, 0.3) is 5.76 Å². The number of carbonyl (C=O) groups is 2. The number of rotatable bonds is 7. The fourth-order valence-electron chi connectivity index (χ4n) is 3.66. The van der Waals surface area contributed by atoms with Gasteiger partial charge in [-0.25, -0.2) is 0 Å². The van der Waals surface area contributed by atoms with Crippen LogP contribution < -0.4 is 4.90 Å². The van der Waals surface area contributed by atoms with Crippen LogP contribution in [0.2, 0.25) is 0 Å². The zero-order valence-electron chi connectivity index (χ0n) is 17.9. The summed E-state index contributed by atoms with van der Waals surface area (Å²) in [6, 6.07) is 14.3. The maximum absolute atomic E-state index is 12.9. The first-order chi connectivity index (χ1) is 14.3. The standard InChI is InChI=1S/C24H28N2O4/c1-16-6-8-18(9-7-16)22(27)20-21(17-10-12-19(13-11-17)25(2)3)26(14-5-15-30-4)24(29)23(20)28/h6-13,21,27H,5,14-15H2,1-4H3/b22-20+/t21-/m0/s1. The Balaban J connectivity index is 2.10. The summed E-state index contributed by atoms with van der Waals surface area (Å²) in [5.41, 5.74) is 3.48. The van der Waals surface area contributed by atoms with Crippen molar-refractivity contribution in [3.8, 4) is 0 Å². The number of ketones is 1. The van der Waals surface area contributed by atoms with Gasteiger partial charge in [-0.1, -0.05) is 42.0 Å². The van der Waals surface area contributed by atoms with E-state index < -0.39 is 17.7 Å². The van der Waals surface area contributed by atoms with Crippen molar-refractivity contribution in [1.82, 2.24) is 4.90 Å². The van der Waals surface area contributed by atoms with Crippen LogP contribution in [0.1, 0.15) is 29.2 Å². The molecule has 0 aliphatic carbocycles. The van der Waals surface area contributed by atoms with Crippen molar-refractivity contribution in [2.75, 3.05) is 39.3 Å². The third kappa shape index (κ3) is 4.24. The highest BCUT2D eigenvalue weighted by molar-refractivity contribution is 6.46. The lowest BCUT2D eigenvalue weighted by Crippen LogP contribution is -2.31. The Kier molecular flexibility index (Phi) is 6.57. The molecule has 0 saturated carbocycles. The highest BCUT2D eigenvalue weighted by Crippen LogP contribution is 2.39. The molecule has 1 heterocycles. The van der Waals surface area contributed by atoms with E-state index in [1.165, 1.54) is 4.90 Å². The van der Waals surface area contributed by atoms with Crippen molar-refractivity contribution in [3.63, 3.8) is 0 Å². The average Bonchev–Trinajstić information content (AvgIpc) is 2.99. The number of nitrogens with zero attached hydrogens (tertiary/aromatic N) is 2. The van der Waals surface area contributed by atoms with Gasteiger partial charge in [-0.15, -0.1) is 0 Å². The monoisotopic (exact) mass is 408 g/mol. The first kappa shape index (κ1) is 21.6. The molecule has 0 radical (unpaired) electrons. The quantitative estimate of drug-likeness (QED) is 0.329. The highest BCUT2D eigenvalue weighted by atomic mass is 16.5. The summed E-state index contributed by atoms with van der Waals surface area (Å²) in [5, 5.41) is 11.0. The van der Waals surface area contributed by atoms with Crippen molar-refractivity contribution in [2.24, 2.45) is 0 Å². The summed E-state index contributed by atoms with van der Waals surface area (Å²) in [6.07, 6.45) is 0.598. The smallest absolute Gasteiger partial charge is 0.295 e. The number of ether oxygens (including phenoxy) is 1. The van der Waals surface area contributed by atoms with E-state index in [4.69, 9.17) is 4.74 Å². The van der Waals surface area contributed by atoms with Gasteiger partial charge in [-0.2, -0.15) is 0 Å². The first-order valence-corrected chi connectivity index (χ1v) is 9.96. The molecule has 3 rings (SSSR count). The van der Waals surface area contributed by atoms with Gasteiger partial charge in [0.15, 0.2) is 0 Å². The van der Waals surface area contributed by atoms with Gasteiger partial charge in [0.2, 0.25) is 0 Å². The topological polar surface area (TPSA) is 70.1 Å². The lowest BCUT2D eigenvalue weighted by molar-refractivity contribution is -0.140. The third-order valence-corrected chi connectivity index (χ3v) is 5.34. The number of methoxy groups -OCH3 is 1. The molecule has 0 unspecified atom stereocenters. The number of amides is 1. The fourth-order valence-corrected chi connectivity index (χ4v) is 3.66. The number of aliphatic hydroxyl groups excluding tert-OH is 1. The molecule has 1 saturated heterocycles. The number of likely N-dealkylation sites (tertiary alicyclic amines) is 1. The van der Waals surface area contributed by atoms with Crippen molar-refractivity contribution >= 4 is 23.1 Å². The lowest BCUT2D eigenvalue weighted by Gasteiger charge is -2.26. The van der Waals surface area contributed by atoms with Crippen molar-refractivity contribution in [2.45, 2.75) is 19.4 Å². The fraction of sp³-hybridized carbons (Fsp3) is 0.333. The van der Waals surface area contributed by atoms with Gasteiger partial charge in [-0.05, 0) is 31.0 Å². The SMILES string of the molecule is COCCCN1C(=O)C(=O)/C(=C(/O)c2ccc(C)cc2)[C@@H]1c1ccc(N(C)C)cc1. The van der Waals surface area contributed by atoms with Gasteiger partial charge >= 0.3 is 0 Å². The van der Waals surface area contributed by atoms with Crippen LogP contribution in [0.5, 0.6) is 0 Å². The van der Waals surface area contributed by atoms with Gasteiger partial charge in [-0.3, -0.25) is 9.59 Å². The van der Waals surface area contributed by atoms with E-state index in [1.54, 1.807) is 19.2 Å². The number of carbonyl (C=O) groups excluding carboxylic acids is 2. The molecule has 30 heavy (non-hydrogen) atoms. The molecule has 1 atom stereocenters. The summed E-state index contributed by atoms with van der Waals surface area (Å²) in [6.45, 7) is 2.79. The van der Waals surface area contributed by atoms with E-state index in [0.717, 1.165) is 16.8 Å². The summed E-state index contributed by atoms with van der Waals surface area (Å²) >= 11 is 0. The number of hydrogen-bond acceptors (Lipinski definition) is 5. The van der Waals surface area contributed by atoms with E-state index in [0.29, 0.717) is 25.1 Å². The molecule has 2 aromatic rings. The minimum atomic E-state index is -0.660. The highest BCUT2D eigenvalue weighted by Gasteiger charge is 2.45. The Morgan fingerprint density at radius 2 is 1.70 bits per heavy atom. The molecule has 6 heteroatoms. The molecule has 0 bridgehead atoms. The summed E-state index contributed by atoms with van der Waals surface area (Å²) < 4.78 is 5.11. The van der Waals surface area contributed by atoms with Crippen molar-refractivity contribution in [1.29, 1.82) is 0 Å². The molecule has 0 aromatic heterocycles. The Morgan fingerprint density at radius 3 is 2.27 bits per heavy atom. The number of benzene rings is 2. The Bertz CT molecular complexity index is 946. The van der Waals surface area contributed by atoms with Crippen molar-refractivity contribution in [3.05, 3.63) is 70.8 Å². The normalized spacial score (nSPS) is 18.1. The van der Waals surface area contributed by atoms with Gasteiger partial charge in [0.1, 0.15) is 5.76 Å². The van der Waals surface area contributed by atoms with E-state index in [2.05, 4.69) is 0 Å². The zero-order chi connectivity index (χ0) is 21.8. The second-order valence-corrected chi connectivity index (χ2v) is 7.69. The summed E-state index contributed by atoms with van der Waals surface area (Å²) in [7, 11) is 5.50. The molecule has 1 N–H and O–H groups in total. The van der Waals surface area contributed by atoms with Crippen molar-refractivity contribution < 1.29 is 19.4 Å². The van der Waals surface area contributed by atoms with Crippen LogP contribution in [-0.2, 0) is 14.3 Å². The molecule has 6 nitrogen and oxygen atoms in total. The number of anilines is 1. The minimum Gasteiger partial charge on any atom is -0.507 e. The maximum atomic E-state index is 12.9. The second-order valence-electron chi connectivity index (χ2n) is 7.69. The Morgan fingerprint density at radius 1 is 1.07 bits per heavy atom. The van der Waals surface area contributed by atoms with Crippen LogP contribution in [0.4, 0.5) is 5.69 Å². The Labute approximate surface area is 177 Å². The zero-order valence-corrected chi connectivity index (χ0v) is 17.9. The van der Waals surface area contributed by atoms with Crippen LogP contribution in [0.3, 0.4) is 0 Å². The van der Waals surface area contributed by atoms with E-state index in [-0.39, 0.29) is 11.3 Å². The molecule has 2 aromatic carbocycles. The van der Waals surface area contributed by atoms with Crippen LogP contribution in [0, 0.1) is 6.92 Å². The van der Waals surface area contributed by atoms with Crippen LogP contribution >= 0.6 is 0 Å². The van der Waals surface area contributed by atoms with Gasteiger partial charge in [0.05, 0.1) is 11.6 Å². The maximum Gasteiger partial charge on any atom is 0.295 e. The number of aryl methyl sites for hydroxylation is 1. The predicted molar refractivity (Wildman–Crippen MR) is 117 cm³/mol. The van der Waals surface area contributed by atoms with Crippen LogP contribution in [0.15, 0.2) is 54.1 Å². The second kappa shape index (κ2) is 9.13. The molecular formula is C24H28N2O4. The summed E-state index contributed by atoms with van der Waals surface area (Å²) in [4.78, 5) is 29.3. The van der Waals surface area contributed by atoms with E-state index in [9.17, 15) is 14.7 Å². The number of aliphatic hydroxyl groups is 1. The van der Waals surface area contributed by atoms with E-state index in [1.807, 2.05) is 62.3 Å². The first-order valence-electron chi connectivity index (χ1n) is 9.96. The number of hydrogen-bond donors (Lipinski definition) is 1. The molecule has 1 fully saturated rings. The van der Waals surface area contributed by atoms with Crippen LogP contribution in [-0.4, -0.2) is 56.1 Å². The minimum absolute atomic E-state index is 0.124. The Hall–Kier alpha value is -3.12. The molecule has 0 spiro atoms. The average molecular weight is 408 g/mol. The van der Waals surface area contributed by atoms with Gasteiger partial charge in [0, 0.05) is 45.6 Å².